The third-order valence-electron chi connectivity index (χ3n) is 7.03. The zero-order valence-electron chi connectivity index (χ0n) is 19.8. The van der Waals surface area contributed by atoms with Crippen molar-refractivity contribution in [1.82, 2.24) is 4.90 Å². The van der Waals surface area contributed by atoms with Crippen molar-refractivity contribution >= 4 is 23.2 Å². The molecule has 172 valence electrons. The van der Waals surface area contributed by atoms with Gasteiger partial charge in [-0.15, -0.1) is 0 Å². The fourth-order valence-electron chi connectivity index (χ4n) is 4.79. The Labute approximate surface area is 188 Å². The van der Waals surface area contributed by atoms with Crippen LogP contribution in [0.3, 0.4) is 0 Å². The number of benzene rings is 1. The van der Waals surface area contributed by atoms with Gasteiger partial charge in [0, 0.05) is 43.5 Å². The van der Waals surface area contributed by atoms with Crippen LogP contribution in [0.1, 0.15) is 88.9 Å². The summed E-state index contributed by atoms with van der Waals surface area (Å²) in [5, 5.41) is 3.11. The van der Waals surface area contributed by atoms with E-state index in [1.165, 1.54) is 19.3 Å². The fourth-order valence-corrected chi connectivity index (χ4v) is 4.79. The van der Waals surface area contributed by atoms with Crippen molar-refractivity contribution in [2.45, 2.75) is 78.6 Å². The van der Waals surface area contributed by atoms with Crippen LogP contribution in [0.2, 0.25) is 0 Å². The zero-order chi connectivity index (χ0) is 22.2. The third-order valence-corrected chi connectivity index (χ3v) is 7.03. The molecule has 2 fully saturated rings. The molecule has 0 bridgehead atoms. The molecule has 0 saturated carbocycles. The molecule has 2 aliphatic rings. The predicted molar refractivity (Wildman–Crippen MR) is 129 cm³/mol. The molecule has 31 heavy (non-hydrogen) atoms. The van der Waals surface area contributed by atoms with E-state index in [-0.39, 0.29) is 17.7 Å². The topological polar surface area (TPSA) is 52.7 Å². The SMILES string of the molecule is CCCCC(CC)C(=O)Nc1ccc(N2CCCCC2)c(C(=O)N2CCC(C)CC2)c1. The van der Waals surface area contributed by atoms with Gasteiger partial charge in [0.25, 0.3) is 5.91 Å². The van der Waals surface area contributed by atoms with Crippen molar-refractivity contribution in [2.75, 3.05) is 36.4 Å². The number of likely N-dealkylation sites (tertiary alicyclic amines) is 1. The molecule has 5 nitrogen and oxygen atoms in total. The highest BCUT2D eigenvalue weighted by molar-refractivity contribution is 6.02. The monoisotopic (exact) mass is 427 g/mol. The molecule has 3 rings (SSSR count). The van der Waals surface area contributed by atoms with Gasteiger partial charge in [0.15, 0.2) is 0 Å². The van der Waals surface area contributed by atoms with E-state index in [1.54, 1.807) is 0 Å². The van der Waals surface area contributed by atoms with E-state index < -0.39 is 0 Å². The lowest BCUT2D eigenvalue weighted by Crippen LogP contribution is -2.39. The fraction of sp³-hybridized carbons (Fsp3) is 0.692. The van der Waals surface area contributed by atoms with Crippen molar-refractivity contribution in [1.29, 1.82) is 0 Å². The third kappa shape index (κ3) is 6.24. The van der Waals surface area contributed by atoms with E-state index in [2.05, 4.69) is 31.0 Å². The first kappa shape index (κ1) is 23.6. The number of nitrogens with zero attached hydrogens (tertiary/aromatic N) is 2. The average molecular weight is 428 g/mol. The van der Waals surface area contributed by atoms with Crippen molar-refractivity contribution in [3.8, 4) is 0 Å². The van der Waals surface area contributed by atoms with Gasteiger partial charge in [-0.05, 0) is 69.1 Å². The molecule has 0 spiro atoms. The highest BCUT2D eigenvalue weighted by atomic mass is 16.2. The maximum Gasteiger partial charge on any atom is 0.256 e. The van der Waals surface area contributed by atoms with Gasteiger partial charge in [-0.1, -0.05) is 33.6 Å². The van der Waals surface area contributed by atoms with Crippen molar-refractivity contribution in [3.05, 3.63) is 23.8 Å². The van der Waals surface area contributed by atoms with Crippen LogP contribution in [0.25, 0.3) is 0 Å². The van der Waals surface area contributed by atoms with Gasteiger partial charge in [0.05, 0.1) is 5.56 Å². The maximum absolute atomic E-state index is 13.5. The molecule has 0 aromatic heterocycles. The Hall–Kier alpha value is -2.04. The molecule has 1 aromatic carbocycles. The molecule has 2 saturated heterocycles. The summed E-state index contributed by atoms with van der Waals surface area (Å²) in [5.41, 5.74) is 2.52. The number of rotatable bonds is 8. The first-order chi connectivity index (χ1) is 15.0. The molecule has 5 heteroatoms. The minimum atomic E-state index is 0.0319. The molecule has 1 aromatic rings. The quantitative estimate of drug-likeness (QED) is 0.579. The molecule has 1 unspecified atom stereocenters. The Morgan fingerprint density at radius 3 is 2.42 bits per heavy atom. The van der Waals surface area contributed by atoms with Crippen molar-refractivity contribution in [3.63, 3.8) is 0 Å². The molecule has 1 N–H and O–H groups in total. The molecular formula is C26H41N3O2. The number of carbonyl (C=O) groups excluding carboxylic acids is 2. The number of anilines is 2. The highest BCUT2D eigenvalue weighted by Crippen LogP contribution is 2.30. The molecule has 2 amide bonds. The number of hydrogen-bond acceptors (Lipinski definition) is 3. The molecule has 1 atom stereocenters. The van der Waals surface area contributed by atoms with Crippen LogP contribution >= 0.6 is 0 Å². The highest BCUT2D eigenvalue weighted by Gasteiger charge is 2.26. The van der Waals surface area contributed by atoms with E-state index in [1.807, 2.05) is 23.1 Å². The second-order valence-corrected chi connectivity index (χ2v) is 9.49. The van der Waals surface area contributed by atoms with Gasteiger partial charge < -0.3 is 15.1 Å². The average Bonchev–Trinajstić information content (AvgIpc) is 2.80. The Kier molecular flexibility index (Phi) is 8.79. The van der Waals surface area contributed by atoms with E-state index >= 15 is 0 Å². The molecule has 2 aliphatic heterocycles. The summed E-state index contributed by atoms with van der Waals surface area (Å²) in [6, 6.07) is 5.95. The summed E-state index contributed by atoms with van der Waals surface area (Å²) < 4.78 is 0. The number of hydrogen-bond donors (Lipinski definition) is 1. The van der Waals surface area contributed by atoms with Crippen LogP contribution in [-0.4, -0.2) is 42.9 Å². The van der Waals surface area contributed by atoms with Gasteiger partial charge in [-0.2, -0.15) is 0 Å². The lowest BCUT2D eigenvalue weighted by Gasteiger charge is -2.34. The maximum atomic E-state index is 13.5. The van der Waals surface area contributed by atoms with Crippen LogP contribution in [0.4, 0.5) is 11.4 Å². The smallest absolute Gasteiger partial charge is 0.256 e. The van der Waals surface area contributed by atoms with E-state index in [4.69, 9.17) is 0 Å². The molecule has 0 radical (unpaired) electrons. The van der Waals surface area contributed by atoms with Gasteiger partial charge in [0.2, 0.25) is 5.91 Å². The van der Waals surface area contributed by atoms with Gasteiger partial charge in [-0.3, -0.25) is 9.59 Å². The minimum absolute atomic E-state index is 0.0319. The second-order valence-electron chi connectivity index (χ2n) is 9.49. The second kappa shape index (κ2) is 11.5. The number of piperidine rings is 2. The predicted octanol–water partition coefficient (Wildman–Crippen LogP) is 5.70. The van der Waals surface area contributed by atoms with E-state index in [0.29, 0.717) is 5.92 Å². The summed E-state index contributed by atoms with van der Waals surface area (Å²) in [6.07, 6.45) is 9.66. The standard InChI is InChI=1S/C26H41N3O2/c1-4-6-10-21(5-2)25(30)27-22-11-12-24(28-15-8-7-9-16-28)23(19-22)26(31)29-17-13-20(3)14-18-29/h11-12,19-21H,4-10,13-18H2,1-3H3,(H,27,30). The number of unbranched alkanes of at least 4 members (excludes halogenated alkanes) is 1. The van der Waals surface area contributed by atoms with Crippen LogP contribution in [-0.2, 0) is 4.79 Å². The first-order valence-corrected chi connectivity index (χ1v) is 12.5. The molecule has 0 aliphatic carbocycles. The summed E-state index contributed by atoms with van der Waals surface area (Å²) in [6.45, 7) is 10.1. The Balaban J connectivity index is 1.82. The number of nitrogens with one attached hydrogen (secondary N) is 1. The van der Waals surface area contributed by atoms with Crippen molar-refractivity contribution in [2.24, 2.45) is 11.8 Å². The van der Waals surface area contributed by atoms with Crippen LogP contribution in [0.5, 0.6) is 0 Å². The van der Waals surface area contributed by atoms with Crippen LogP contribution in [0, 0.1) is 11.8 Å². The number of carbonyl (C=O) groups is 2. The molecule has 2 heterocycles. The van der Waals surface area contributed by atoms with Gasteiger partial charge >= 0.3 is 0 Å². The molecular weight excluding hydrogens is 386 g/mol. The summed E-state index contributed by atoms with van der Waals surface area (Å²) >= 11 is 0. The Morgan fingerprint density at radius 2 is 1.77 bits per heavy atom. The van der Waals surface area contributed by atoms with Crippen molar-refractivity contribution < 1.29 is 9.59 Å². The lowest BCUT2D eigenvalue weighted by atomic mass is 9.97. The van der Waals surface area contributed by atoms with E-state index in [9.17, 15) is 9.59 Å². The zero-order valence-corrected chi connectivity index (χ0v) is 19.8. The summed E-state index contributed by atoms with van der Waals surface area (Å²) in [5.74, 6) is 0.906. The van der Waals surface area contributed by atoms with Gasteiger partial charge in [-0.25, -0.2) is 0 Å². The lowest BCUT2D eigenvalue weighted by molar-refractivity contribution is -0.120. The largest absolute Gasteiger partial charge is 0.371 e. The Bertz CT molecular complexity index is 734. The number of amides is 2. The van der Waals surface area contributed by atoms with E-state index in [0.717, 1.165) is 81.6 Å². The van der Waals surface area contributed by atoms with Crippen LogP contribution in [0.15, 0.2) is 18.2 Å². The summed E-state index contributed by atoms with van der Waals surface area (Å²) in [7, 11) is 0. The van der Waals surface area contributed by atoms with Crippen LogP contribution < -0.4 is 10.2 Å². The first-order valence-electron chi connectivity index (χ1n) is 12.5. The summed E-state index contributed by atoms with van der Waals surface area (Å²) in [4.78, 5) is 30.7. The minimum Gasteiger partial charge on any atom is -0.371 e. The normalized spacial score (nSPS) is 18.7. The van der Waals surface area contributed by atoms with Gasteiger partial charge in [0.1, 0.15) is 0 Å². The Morgan fingerprint density at radius 1 is 1.06 bits per heavy atom.